The summed E-state index contributed by atoms with van der Waals surface area (Å²) in [6, 6.07) is 20.0. The van der Waals surface area contributed by atoms with E-state index in [9.17, 15) is 0 Å². The molecule has 0 saturated carbocycles. The molecule has 0 aromatic heterocycles. The molecule has 4 atom stereocenters. The van der Waals surface area contributed by atoms with Crippen molar-refractivity contribution in [2.24, 2.45) is 11.8 Å². The lowest BCUT2D eigenvalue weighted by molar-refractivity contribution is 0.315. The molecule has 0 aliphatic heterocycles. The molecule has 1 aliphatic rings. The monoisotopic (exact) mass is 318 g/mol. The molecule has 0 spiro atoms. The second-order valence-electron chi connectivity index (χ2n) is 7.43. The zero-order chi connectivity index (χ0) is 17.1. The quantitative estimate of drug-likeness (QED) is 0.432. The second-order valence-corrected chi connectivity index (χ2v) is 7.43. The molecule has 24 heavy (non-hydrogen) atoms. The Hall–Kier alpha value is -1.82. The van der Waals surface area contributed by atoms with Gasteiger partial charge in [0.25, 0.3) is 0 Å². The molecule has 0 radical (unpaired) electrons. The van der Waals surface area contributed by atoms with E-state index in [-0.39, 0.29) is 0 Å². The first-order valence-corrected chi connectivity index (χ1v) is 9.44. The summed E-state index contributed by atoms with van der Waals surface area (Å²) in [5.74, 6) is 2.30. The van der Waals surface area contributed by atoms with Crippen molar-refractivity contribution in [1.82, 2.24) is 0 Å². The maximum Gasteiger partial charge on any atom is 0.00227 e. The lowest BCUT2D eigenvalue weighted by Gasteiger charge is -2.33. The SMILES string of the molecule is C=C1[C@H]([C@@H](C)[C@@H](CC)c2ccccc2)CCc2ccccc2[C@H]1C. The van der Waals surface area contributed by atoms with Crippen LogP contribution in [0, 0.1) is 11.8 Å². The van der Waals surface area contributed by atoms with Crippen LogP contribution in [0.4, 0.5) is 0 Å². The Bertz CT molecular complexity index is 682. The van der Waals surface area contributed by atoms with E-state index >= 15 is 0 Å². The molecule has 0 amide bonds. The van der Waals surface area contributed by atoms with Crippen molar-refractivity contribution in [2.75, 3.05) is 0 Å². The molecule has 0 heteroatoms. The second kappa shape index (κ2) is 7.38. The van der Waals surface area contributed by atoms with Gasteiger partial charge in [0, 0.05) is 5.92 Å². The Balaban J connectivity index is 1.88. The first kappa shape index (κ1) is 17.0. The smallest absolute Gasteiger partial charge is 0.00227 e. The van der Waals surface area contributed by atoms with Gasteiger partial charge in [-0.05, 0) is 53.7 Å². The standard InChI is InChI=1S/C24H30/c1-5-22(20-11-7-6-8-12-20)19(4)23-16-15-21-13-9-10-14-24(21)18(3)17(23)2/h6-14,18-19,22-23H,2,5,15-16H2,1,3-4H3/t18-,19-,22+,23+/m0/s1. The van der Waals surface area contributed by atoms with Crippen LogP contribution in [0.2, 0.25) is 0 Å². The summed E-state index contributed by atoms with van der Waals surface area (Å²) < 4.78 is 0. The van der Waals surface area contributed by atoms with Gasteiger partial charge in [-0.15, -0.1) is 0 Å². The minimum atomic E-state index is 0.462. The normalized spacial score (nSPS) is 23.2. The summed E-state index contributed by atoms with van der Waals surface area (Å²) in [7, 11) is 0. The highest BCUT2D eigenvalue weighted by Crippen LogP contribution is 2.44. The van der Waals surface area contributed by atoms with Gasteiger partial charge in [-0.25, -0.2) is 0 Å². The van der Waals surface area contributed by atoms with Crippen molar-refractivity contribution in [3.8, 4) is 0 Å². The van der Waals surface area contributed by atoms with Crippen molar-refractivity contribution in [3.05, 3.63) is 83.4 Å². The largest absolute Gasteiger partial charge is 0.0990 e. The molecule has 0 N–H and O–H groups in total. The molecule has 0 saturated heterocycles. The van der Waals surface area contributed by atoms with Crippen molar-refractivity contribution in [2.45, 2.75) is 51.9 Å². The number of fused-ring (bicyclic) bond motifs is 1. The van der Waals surface area contributed by atoms with Crippen LogP contribution < -0.4 is 0 Å². The lowest BCUT2D eigenvalue weighted by atomic mass is 9.71. The Morgan fingerprint density at radius 2 is 1.71 bits per heavy atom. The van der Waals surface area contributed by atoms with Crippen LogP contribution in [0.5, 0.6) is 0 Å². The van der Waals surface area contributed by atoms with E-state index in [0.29, 0.717) is 23.7 Å². The Labute approximate surface area is 147 Å². The van der Waals surface area contributed by atoms with E-state index in [1.165, 1.54) is 41.5 Å². The molecule has 2 aromatic rings. The third-order valence-corrected chi connectivity index (χ3v) is 6.22. The molecule has 2 aromatic carbocycles. The van der Waals surface area contributed by atoms with Crippen LogP contribution in [0.1, 0.15) is 62.1 Å². The average molecular weight is 319 g/mol. The van der Waals surface area contributed by atoms with E-state index in [2.05, 4.69) is 81.9 Å². The average Bonchev–Trinajstić information content (AvgIpc) is 2.74. The van der Waals surface area contributed by atoms with Crippen LogP contribution in [-0.2, 0) is 6.42 Å². The van der Waals surface area contributed by atoms with Crippen LogP contribution >= 0.6 is 0 Å². The van der Waals surface area contributed by atoms with Crippen LogP contribution in [0.15, 0.2) is 66.7 Å². The van der Waals surface area contributed by atoms with E-state index < -0.39 is 0 Å². The Kier molecular flexibility index (Phi) is 5.23. The Morgan fingerprint density at radius 3 is 2.42 bits per heavy atom. The summed E-state index contributed by atoms with van der Waals surface area (Å²) in [5, 5.41) is 0. The van der Waals surface area contributed by atoms with E-state index in [1.54, 1.807) is 0 Å². The fourth-order valence-corrected chi connectivity index (χ4v) is 4.69. The number of benzene rings is 2. The van der Waals surface area contributed by atoms with Crippen molar-refractivity contribution < 1.29 is 0 Å². The fraction of sp³-hybridized carbons (Fsp3) is 0.417. The highest BCUT2D eigenvalue weighted by Gasteiger charge is 2.32. The molecule has 0 bridgehead atoms. The summed E-state index contributed by atoms with van der Waals surface area (Å²) in [4.78, 5) is 0. The lowest BCUT2D eigenvalue weighted by Crippen LogP contribution is -2.22. The van der Waals surface area contributed by atoms with Crippen molar-refractivity contribution in [1.29, 1.82) is 0 Å². The predicted octanol–water partition coefficient (Wildman–Crippen LogP) is 6.74. The number of hydrogen-bond donors (Lipinski definition) is 0. The number of aryl methyl sites for hydroxylation is 1. The molecule has 0 nitrogen and oxygen atoms in total. The van der Waals surface area contributed by atoms with Crippen molar-refractivity contribution in [3.63, 3.8) is 0 Å². The zero-order valence-electron chi connectivity index (χ0n) is 15.3. The minimum absolute atomic E-state index is 0.462. The fourth-order valence-electron chi connectivity index (χ4n) is 4.69. The summed E-state index contributed by atoms with van der Waals surface area (Å²) in [6.45, 7) is 11.7. The summed E-state index contributed by atoms with van der Waals surface area (Å²) in [6.07, 6.45) is 3.60. The van der Waals surface area contributed by atoms with Gasteiger partial charge in [0.1, 0.15) is 0 Å². The first-order chi connectivity index (χ1) is 11.6. The van der Waals surface area contributed by atoms with E-state index in [4.69, 9.17) is 0 Å². The molecular weight excluding hydrogens is 288 g/mol. The van der Waals surface area contributed by atoms with Gasteiger partial charge < -0.3 is 0 Å². The van der Waals surface area contributed by atoms with Crippen LogP contribution in [0.25, 0.3) is 0 Å². The van der Waals surface area contributed by atoms with Gasteiger partial charge in [0.05, 0.1) is 0 Å². The molecule has 0 unspecified atom stereocenters. The van der Waals surface area contributed by atoms with Crippen LogP contribution in [0.3, 0.4) is 0 Å². The molecular formula is C24H30. The molecule has 126 valence electrons. The topological polar surface area (TPSA) is 0 Å². The van der Waals surface area contributed by atoms with Gasteiger partial charge in [0.2, 0.25) is 0 Å². The number of rotatable bonds is 4. The van der Waals surface area contributed by atoms with Gasteiger partial charge in [-0.1, -0.05) is 87.5 Å². The van der Waals surface area contributed by atoms with E-state index in [0.717, 1.165) is 0 Å². The number of hydrogen-bond acceptors (Lipinski definition) is 0. The third kappa shape index (κ3) is 3.20. The minimum Gasteiger partial charge on any atom is -0.0990 e. The predicted molar refractivity (Wildman–Crippen MR) is 104 cm³/mol. The molecule has 3 rings (SSSR count). The zero-order valence-corrected chi connectivity index (χ0v) is 15.3. The van der Waals surface area contributed by atoms with Gasteiger partial charge in [-0.3, -0.25) is 0 Å². The van der Waals surface area contributed by atoms with Gasteiger partial charge >= 0.3 is 0 Å². The van der Waals surface area contributed by atoms with Crippen LogP contribution in [-0.4, -0.2) is 0 Å². The van der Waals surface area contributed by atoms with Crippen molar-refractivity contribution >= 4 is 0 Å². The first-order valence-electron chi connectivity index (χ1n) is 9.44. The maximum atomic E-state index is 4.57. The Morgan fingerprint density at radius 1 is 1.04 bits per heavy atom. The highest BCUT2D eigenvalue weighted by molar-refractivity contribution is 5.38. The summed E-state index contributed by atoms with van der Waals surface area (Å²) in [5.41, 5.74) is 5.93. The highest BCUT2D eigenvalue weighted by atomic mass is 14.4. The van der Waals surface area contributed by atoms with Gasteiger partial charge in [-0.2, -0.15) is 0 Å². The maximum absolute atomic E-state index is 4.57. The van der Waals surface area contributed by atoms with Gasteiger partial charge in [0.15, 0.2) is 0 Å². The van der Waals surface area contributed by atoms with E-state index in [1.807, 2.05) is 0 Å². The molecule has 1 aliphatic carbocycles. The summed E-state index contributed by atoms with van der Waals surface area (Å²) >= 11 is 0. The molecule has 0 heterocycles. The number of allylic oxidation sites excluding steroid dienone is 1. The third-order valence-electron chi connectivity index (χ3n) is 6.22. The molecule has 0 fully saturated rings.